The largest absolute Gasteiger partial charge is 0.469 e. The summed E-state index contributed by atoms with van der Waals surface area (Å²) in [7, 11) is 1.37. The monoisotopic (exact) mass is 291 g/mol. The third-order valence-electron chi connectivity index (χ3n) is 3.41. The van der Waals surface area contributed by atoms with Gasteiger partial charge in [-0.3, -0.25) is 9.59 Å². The Morgan fingerprint density at radius 3 is 2.33 bits per heavy atom. The highest BCUT2D eigenvalue weighted by Gasteiger charge is 2.14. The van der Waals surface area contributed by atoms with E-state index in [1.54, 1.807) is 4.90 Å². The predicted molar refractivity (Wildman–Crippen MR) is 83.0 cm³/mol. The van der Waals surface area contributed by atoms with E-state index in [1.165, 1.54) is 18.2 Å². The first-order valence-corrected chi connectivity index (χ1v) is 7.47. The zero-order chi connectivity index (χ0) is 15.7. The summed E-state index contributed by atoms with van der Waals surface area (Å²) in [6, 6.07) is 8.23. The van der Waals surface area contributed by atoms with Crippen LogP contribution in [0.5, 0.6) is 0 Å². The molecule has 0 heterocycles. The highest BCUT2D eigenvalue weighted by atomic mass is 16.5. The summed E-state index contributed by atoms with van der Waals surface area (Å²) in [4.78, 5) is 25.2. The van der Waals surface area contributed by atoms with Crippen molar-refractivity contribution < 1.29 is 14.3 Å². The first-order chi connectivity index (χ1) is 10.1. The van der Waals surface area contributed by atoms with E-state index in [0.717, 1.165) is 12.8 Å². The third kappa shape index (κ3) is 6.43. The molecule has 0 aliphatic carbocycles. The number of rotatable bonds is 8. The van der Waals surface area contributed by atoms with E-state index in [-0.39, 0.29) is 18.3 Å². The second-order valence-corrected chi connectivity index (χ2v) is 5.19. The Labute approximate surface area is 127 Å². The van der Waals surface area contributed by atoms with Crippen LogP contribution >= 0.6 is 0 Å². The molecule has 0 bridgehead atoms. The van der Waals surface area contributed by atoms with Crippen molar-refractivity contribution in [2.75, 3.05) is 20.2 Å². The number of carbonyl (C=O) groups excluding carboxylic acids is 2. The van der Waals surface area contributed by atoms with E-state index in [9.17, 15) is 9.59 Å². The van der Waals surface area contributed by atoms with Crippen molar-refractivity contribution in [1.82, 2.24) is 4.90 Å². The first-order valence-electron chi connectivity index (χ1n) is 7.47. The molecule has 116 valence electrons. The van der Waals surface area contributed by atoms with Crippen LogP contribution in [0.1, 0.15) is 37.3 Å². The predicted octanol–water partition coefficient (Wildman–Crippen LogP) is 2.73. The van der Waals surface area contributed by atoms with Crippen LogP contribution in [-0.2, 0) is 20.7 Å². The molecule has 4 nitrogen and oxygen atoms in total. The highest BCUT2D eigenvalue weighted by Crippen LogP contribution is 2.08. The van der Waals surface area contributed by atoms with E-state index < -0.39 is 0 Å². The van der Waals surface area contributed by atoms with Crippen molar-refractivity contribution in [2.45, 2.75) is 39.5 Å². The minimum atomic E-state index is -0.276. The Morgan fingerprint density at radius 2 is 1.76 bits per heavy atom. The summed E-state index contributed by atoms with van der Waals surface area (Å²) in [6.07, 6.45) is 2.35. The second-order valence-electron chi connectivity index (χ2n) is 5.19. The van der Waals surface area contributed by atoms with Gasteiger partial charge >= 0.3 is 5.97 Å². The Bertz CT molecular complexity index is 454. The molecule has 0 N–H and O–H groups in total. The van der Waals surface area contributed by atoms with Crippen LogP contribution in [0.4, 0.5) is 0 Å². The number of esters is 1. The van der Waals surface area contributed by atoms with Crippen LogP contribution in [-0.4, -0.2) is 37.0 Å². The van der Waals surface area contributed by atoms with Gasteiger partial charge in [-0.05, 0) is 25.3 Å². The smallest absolute Gasteiger partial charge is 0.307 e. The van der Waals surface area contributed by atoms with Gasteiger partial charge in [-0.25, -0.2) is 0 Å². The van der Waals surface area contributed by atoms with Crippen LogP contribution in [0.3, 0.4) is 0 Å². The molecule has 1 amide bonds. The van der Waals surface area contributed by atoms with Crippen molar-refractivity contribution in [2.24, 2.45) is 0 Å². The maximum absolute atomic E-state index is 12.2. The number of nitrogens with zero attached hydrogens (tertiary/aromatic N) is 1. The van der Waals surface area contributed by atoms with Gasteiger partial charge in [0, 0.05) is 19.5 Å². The molecule has 0 aliphatic heterocycles. The topological polar surface area (TPSA) is 46.6 Å². The second kappa shape index (κ2) is 9.16. The molecule has 4 heteroatoms. The van der Waals surface area contributed by atoms with Gasteiger partial charge in [-0.1, -0.05) is 36.8 Å². The summed E-state index contributed by atoms with van der Waals surface area (Å²) in [5.41, 5.74) is 2.38. The standard InChI is InChI=1S/C17H25NO3/c1-4-12-18(13-11-17(20)21-3)16(19)10-9-15-7-5-14(2)6-8-15/h5-8H,4,9-13H2,1-3H3. The number of ether oxygens (including phenoxy) is 1. The lowest BCUT2D eigenvalue weighted by Crippen LogP contribution is -2.34. The van der Waals surface area contributed by atoms with Crippen LogP contribution in [0.15, 0.2) is 24.3 Å². The maximum atomic E-state index is 12.2. The van der Waals surface area contributed by atoms with E-state index in [2.05, 4.69) is 29.0 Å². The van der Waals surface area contributed by atoms with E-state index >= 15 is 0 Å². The minimum absolute atomic E-state index is 0.0985. The Kier molecular flexibility index (Phi) is 7.51. The van der Waals surface area contributed by atoms with Crippen molar-refractivity contribution >= 4 is 11.9 Å². The summed E-state index contributed by atoms with van der Waals surface area (Å²) in [5, 5.41) is 0. The van der Waals surface area contributed by atoms with Gasteiger partial charge in [0.25, 0.3) is 0 Å². The van der Waals surface area contributed by atoms with Gasteiger partial charge in [0.2, 0.25) is 5.91 Å². The third-order valence-corrected chi connectivity index (χ3v) is 3.41. The number of benzene rings is 1. The van der Waals surface area contributed by atoms with Crippen LogP contribution in [0, 0.1) is 6.92 Å². The Morgan fingerprint density at radius 1 is 1.10 bits per heavy atom. The zero-order valence-electron chi connectivity index (χ0n) is 13.2. The average Bonchev–Trinajstić information content (AvgIpc) is 2.50. The number of amides is 1. The molecule has 1 aromatic rings. The number of methoxy groups -OCH3 is 1. The van der Waals surface area contributed by atoms with Gasteiger partial charge in [-0.15, -0.1) is 0 Å². The fraction of sp³-hybridized carbons (Fsp3) is 0.529. The van der Waals surface area contributed by atoms with E-state index in [4.69, 9.17) is 0 Å². The molecule has 0 saturated carbocycles. The summed E-state index contributed by atoms with van der Waals surface area (Å²) < 4.78 is 4.62. The van der Waals surface area contributed by atoms with Crippen molar-refractivity contribution in [3.8, 4) is 0 Å². The molecular weight excluding hydrogens is 266 g/mol. The minimum Gasteiger partial charge on any atom is -0.469 e. The molecule has 0 unspecified atom stereocenters. The van der Waals surface area contributed by atoms with Crippen molar-refractivity contribution in [3.05, 3.63) is 35.4 Å². The van der Waals surface area contributed by atoms with Gasteiger partial charge in [-0.2, -0.15) is 0 Å². The highest BCUT2D eigenvalue weighted by molar-refractivity contribution is 5.77. The molecule has 0 saturated heterocycles. The number of aryl methyl sites for hydroxylation is 2. The normalized spacial score (nSPS) is 10.2. The Hall–Kier alpha value is -1.84. The quantitative estimate of drug-likeness (QED) is 0.692. The molecule has 0 aromatic heterocycles. The maximum Gasteiger partial charge on any atom is 0.307 e. The van der Waals surface area contributed by atoms with Gasteiger partial charge in [0.05, 0.1) is 13.5 Å². The van der Waals surface area contributed by atoms with Crippen LogP contribution in [0.25, 0.3) is 0 Å². The Balaban J connectivity index is 2.48. The van der Waals surface area contributed by atoms with E-state index in [1.807, 2.05) is 13.8 Å². The molecule has 0 aliphatic rings. The van der Waals surface area contributed by atoms with Gasteiger partial charge in [0.1, 0.15) is 0 Å². The van der Waals surface area contributed by atoms with E-state index in [0.29, 0.717) is 19.5 Å². The zero-order valence-corrected chi connectivity index (χ0v) is 13.2. The summed E-state index contributed by atoms with van der Waals surface area (Å²) in [5.74, 6) is -0.177. The lowest BCUT2D eigenvalue weighted by atomic mass is 10.1. The fourth-order valence-corrected chi connectivity index (χ4v) is 2.12. The lowest BCUT2D eigenvalue weighted by Gasteiger charge is -2.21. The summed E-state index contributed by atoms with van der Waals surface area (Å²) in [6.45, 7) is 5.19. The number of carbonyl (C=O) groups is 2. The van der Waals surface area contributed by atoms with Crippen molar-refractivity contribution in [1.29, 1.82) is 0 Å². The van der Waals surface area contributed by atoms with Gasteiger partial charge < -0.3 is 9.64 Å². The SMILES string of the molecule is CCCN(CCC(=O)OC)C(=O)CCc1ccc(C)cc1. The molecule has 0 atom stereocenters. The summed E-state index contributed by atoms with van der Waals surface area (Å²) >= 11 is 0. The molecule has 0 radical (unpaired) electrons. The average molecular weight is 291 g/mol. The van der Waals surface area contributed by atoms with Crippen molar-refractivity contribution in [3.63, 3.8) is 0 Å². The lowest BCUT2D eigenvalue weighted by molar-refractivity contribution is -0.141. The number of hydrogen-bond donors (Lipinski definition) is 0. The number of hydrogen-bond acceptors (Lipinski definition) is 3. The van der Waals surface area contributed by atoms with Crippen LogP contribution in [0.2, 0.25) is 0 Å². The van der Waals surface area contributed by atoms with Gasteiger partial charge in [0.15, 0.2) is 0 Å². The molecular formula is C17H25NO3. The first kappa shape index (κ1) is 17.2. The molecule has 1 rings (SSSR count). The van der Waals surface area contributed by atoms with Crippen LogP contribution < -0.4 is 0 Å². The molecule has 0 spiro atoms. The molecule has 21 heavy (non-hydrogen) atoms. The molecule has 1 aromatic carbocycles. The fourth-order valence-electron chi connectivity index (χ4n) is 2.12. The molecule has 0 fully saturated rings.